The SMILES string of the molecule is O=C(c1cccc2[nH]ccc12)N1CCN(C2CC2)CC1. The summed E-state index contributed by atoms with van der Waals surface area (Å²) in [5.41, 5.74) is 1.86. The number of H-pyrrole nitrogens is 1. The summed E-state index contributed by atoms with van der Waals surface area (Å²) in [6.45, 7) is 3.77. The van der Waals surface area contributed by atoms with E-state index in [-0.39, 0.29) is 5.91 Å². The number of carbonyl (C=O) groups excluding carboxylic acids is 1. The van der Waals surface area contributed by atoms with E-state index in [9.17, 15) is 4.79 Å². The van der Waals surface area contributed by atoms with Crippen molar-refractivity contribution < 1.29 is 4.79 Å². The Kier molecular flexibility index (Phi) is 2.77. The fraction of sp³-hybridized carbons (Fsp3) is 0.438. The van der Waals surface area contributed by atoms with Crippen LogP contribution in [0.2, 0.25) is 0 Å². The Morgan fingerprint density at radius 1 is 1.10 bits per heavy atom. The summed E-state index contributed by atoms with van der Waals surface area (Å²) < 4.78 is 0. The second-order valence-electron chi connectivity index (χ2n) is 5.80. The predicted molar refractivity (Wildman–Crippen MR) is 78.8 cm³/mol. The van der Waals surface area contributed by atoms with Crippen LogP contribution in [0.25, 0.3) is 10.9 Å². The Balaban J connectivity index is 1.53. The topological polar surface area (TPSA) is 39.3 Å². The van der Waals surface area contributed by atoms with E-state index in [1.54, 1.807) is 0 Å². The summed E-state index contributed by atoms with van der Waals surface area (Å²) in [5.74, 6) is 0.172. The molecule has 1 aromatic heterocycles. The summed E-state index contributed by atoms with van der Waals surface area (Å²) >= 11 is 0. The quantitative estimate of drug-likeness (QED) is 0.906. The van der Waals surface area contributed by atoms with Gasteiger partial charge in [0.05, 0.1) is 0 Å². The zero-order valence-corrected chi connectivity index (χ0v) is 11.5. The average Bonchev–Trinajstić information content (AvgIpc) is 3.23. The van der Waals surface area contributed by atoms with E-state index >= 15 is 0 Å². The molecule has 4 heteroatoms. The summed E-state index contributed by atoms with van der Waals surface area (Å²) in [6.07, 6.45) is 4.58. The van der Waals surface area contributed by atoms with Crippen molar-refractivity contribution in [3.8, 4) is 0 Å². The first-order valence-corrected chi connectivity index (χ1v) is 7.42. The van der Waals surface area contributed by atoms with Crippen molar-refractivity contribution in [1.29, 1.82) is 0 Å². The maximum Gasteiger partial charge on any atom is 0.254 e. The second kappa shape index (κ2) is 4.63. The molecule has 4 rings (SSSR count). The maximum atomic E-state index is 12.7. The number of aromatic amines is 1. The van der Waals surface area contributed by atoms with Crippen LogP contribution in [-0.2, 0) is 0 Å². The van der Waals surface area contributed by atoms with Crippen molar-refractivity contribution in [3.05, 3.63) is 36.0 Å². The van der Waals surface area contributed by atoms with E-state index in [0.29, 0.717) is 0 Å². The van der Waals surface area contributed by atoms with Crippen molar-refractivity contribution in [1.82, 2.24) is 14.8 Å². The van der Waals surface area contributed by atoms with Gasteiger partial charge in [-0.1, -0.05) is 6.07 Å². The van der Waals surface area contributed by atoms with Crippen LogP contribution in [0.1, 0.15) is 23.2 Å². The number of rotatable bonds is 2. The Morgan fingerprint density at radius 3 is 2.65 bits per heavy atom. The van der Waals surface area contributed by atoms with E-state index < -0.39 is 0 Å². The highest BCUT2D eigenvalue weighted by molar-refractivity contribution is 6.06. The molecule has 0 spiro atoms. The molecule has 0 radical (unpaired) electrons. The van der Waals surface area contributed by atoms with Gasteiger partial charge in [0, 0.05) is 54.9 Å². The fourth-order valence-electron chi connectivity index (χ4n) is 3.17. The molecule has 0 atom stereocenters. The first kappa shape index (κ1) is 12.0. The number of aromatic nitrogens is 1. The number of benzene rings is 1. The standard InChI is InChI=1S/C16H19N3O/c20-16(14-2-1-3-15-13(14)6-7-17-15)19-10-8-18(9-11-19)12-4-5-12/h1-3,6-7,12,17H,4-5,8-11H2. The third-order valence-electron chi connectivity index (χ3n) is 4.49. The summed E-state index contributed by atoms with van der Waals surface area (Å²) in [5, 5.41) is 1.03. The molecule has 1 N–H and O–H groups in total. The minimum atomic E-state index is 0.172. The Labute approximate surface area is 118 Å². The van der Waals surface area contributed by atoms with Crippen LogP contribution in [0, 0.1) is 0 Å². The maximum absolute atomic E-state index is 12.7. The van der Waals surface area contributed by atoms with Gasteiger partial charge in [0.25, 0.3) is 5.91 Å². The molecule has 1 saturated carbocycles. The number of hydrogen-bond donors (Lipinski definition) is 1. The zero-order chi connectivity index (χ0) is 13.5. The molecule has 2 aliphatic rings. The number of hydrogen-bond acceptors (Lipinski definition) is 2. The number of fused-ring (bicyclic) bond motifs is 1. The number of amides is 1. The molecule has 2 fully saturated rings. The van der Waals surface area contributed by atoms with Gasteiger partial charge in [-0.2, -0.15) is 0 Å². The lowest BCUT2D eigenvalue weighted by atomic mass is 10.1. The molecule has 1 amide bonds. The summed E-state index contributed by atoms with van der Waals surface area (Å²) in [4.78, 5) is 20.4. The van der Waals surface area contributed by atoms with Crippen LogP contribution in [0.3, 0.4) is 0 Å². The van der Waals surface area contributed by atoms with E-state index in [1.807, 2.05) is 35.4 Å². The molecule has 1 saturated heterocycles. The minimum Gasteiger partial charge on any atom is -0.361 e. The van der Waals surface area contributed by atoms with Crippen molar-refractivity contribution >= 4 is 16.8 Å². The fourth-order valence-corrected chi connectivity index (χ4v) is 3.17. The number of piperazine rings is 1. The molecule has 104 valence electrons. The van der Waals surface area contributed by atoms with Gasteiger partial charge in [-0.15, -0.1) is 0 Å². The lowest BCUT2D eigenvalue weighted by Crippen LogP contribution is -2.49. The van der Waals surface area contributed by atoms with E-state index in [2.05, 4.69) is 9.88 Å². The van der Waals surface area contributed by atoms with Crippen molar-refractivity contribution in [3.63, 3.8) is 0 Å². The molecule has 1 aliphatic carbocycles. The molecule has 0 unspecified atom stereocenters. The van der Waals surface area contributed by atoms with Gasteiger partial charge >= 0.3 is 0 Å². The van der Waals surface area contributed by atoms with Crippen LogP contribution in [0.5, 0.6) is 0 Å². The van der Waals surface area contributed by atoms with Crippen LogP contribution in [-0.4, -0.2) is 52.9 Å². The molecule has 1 aliphatic heterocycles. The molecule has 1 aromatic carbocycles. The van der Waals surface area contributed by atoms with Crippen molar-refractivity contribution in [2.45, 2.75) is 18.9 Å². The van der Waals surface area contributed by atoms with Crippen LogP contribution < -0.4 is 0 Å². The summed E-state index contributed by atoms with van der Waals surface area (Å²) in [7, 11) is 0. The number of carbonyl (C=O) groups is 1. The van der Waals surface area contributed by atoms with E-state index in [1.165, 1.54) is 12.8 Å². The number of nitrogens with one attached hydrogen (secondary N) is 1. The largest absolute Gasteiger partial charge is 0.361 e. The van der Waals surface area contributed by atoms with Gasteiger partial charge in [0.1, 0.15) is 0 Å². The molecular formula is C16H19N3O. The van der Waals surface area contributed by atoms with E-state index in [4.69, 9.17) is 0 Å². The smallest absolute Gasteiger partial charge is 0.254 e. The predicted octanol–water partition coefficient (Wildman–Crippen LogP) is 2.09. The highest BCUT2D eigenvalue weighted by Gasteiger charge is 2.32. The lowest BCUT2D eigenvalue weighted by molar-refractivity contribution is 0.0629. The third-order valence-corrected chi connectivity index (χ3v) is 4.49. The molecule has 0 bridgehead atoms. The van der Waals surface area contributed by atoms with Crippen molar-refractivity contribution in [2.75, 3.05) is 26.2 Å². The molecule has 2 aromatic rings. The second-order valence-corrected chi connectivity index (χ2v) is 5.80. The monoisotopic (exact) mass is 269 g/mol. The average molecular weight is 269 g/mol. The highest BCUT2D eigenvalue weighted by Crippen LogP contribution is 2.28. The first-order valence-electron chi connectivity index (χ1n) is 7.42. The number of nitrogens with zero attached hydrogens (tertiary/aromatic N) is 2. The Morgan fingerprint density at radius 2 is 1.90 bits per heavy atom. The van der Waals surface area contributed by atoms with Gasteiger partial charge < -0.3 is 9.88 Å². The van der Waals surface area contributed by atoms with Crippen LogP contribution in [0.4, 0.5) is 0 Å². The minimum absolute atomic E-state index is 0.172. The first-order chi connectivity index (χ1) is 9.83. The normalized spacial score (nSPS) is 20.5. The Hall–Kier alpha value is -1.81. The Bertz CT molecular complexity index is 636. The van der Waals surface area contributed by atoms with E-state index in [0.717, 1.165) is 48.7 Å². The van der Waals surface area contributed by atoms with Gasteiger partial charge in [0.15, 0.2) is 0 Å². The third kappa shape index (κ3) is 2.00. The highest BCUT2D eigenvalue weighted by atomic mass is 16.2. The molecule has 20 heavy (non-hydrogen) atoms. The van der Waals surface area contributed by atoms with Crippen LogP contribution in [0.15, 0.2) is 30.5 Å². The lowest BCUT2D eigenvalue weighted by Gasteiger charge is -2.35. The van der Waals surface area contributed by atoms with Crippen molar-refractivity contribution in [2.24, 2.45) is 0 Å². The molecule has 2 heterocycles. The molecule has 4 nitrogen and oxygen atoms in total. The zero-order valence-electron chi connectivity index (χ0n) is 11.5. The van der Waals surface area contributed by atoms with Gasteiger partial charge in [-0.25, -0.2) is 0 Å². The van der Waals surface area contributed by atoms with Gasteiger partial charge in [-0.05, 0) is 31.0 Å². The van der Waals surface area contributed by atoms with Crippen LogP contribution >= 0.6 is 0 Å². The summed E-state index contributed by atoms with van der Waals surface area (Å²) in [6, 6.07) is 8.69. The molecular weight excluding hydrogens is 250 g/mol. The van der Waals surface area contributed by atoms with Gasteiger partial charge in [-0.3, -0.25) is 9.69 Å². The van der Waals surface area contributed by atoms with Gasteiger partial charge in [0.2, 0.25) is 0 Å².